The number of nitrogens with one attached hydrogen (secondary N) is 1. The Balaban J connectivity index is 2.93. The summed E-state index contributed by atoms with van der Waals surface area (Å²) in [6.45, 7) is 7.63. The molecule has 23 heavy (non-hydrogen) atoms. The van der Waals surface area contributed by atoms with Gasteiger partial charge in [0.2, 0.25) is 5.91 Å². The highest BCUT2D eigenvalue weighted by Gasteiger charge is 2.31. The molecule has 1 amide bonds. The van der Waals surface area contributed by atoms with Crippen molar-refractivity contribution in [3.63, 3.8) is 0 Å². The number of unbranched alkanes of at least 4 members (excludes halogenated alkanes) is 1. The average molecular weight is 330 g/mol. The van der Waals surface area contributed by atoms with Crippen LogP contribution in [0.3, 0.4) is 0 Å². The highest BCUT2D eigenvalue weighted by molar-refractivity contribution is 5.93. The van der Waals surface area contributed by atoms with Gasteiger partial charge in [-0.05, 0) is 49.7 Å². The zero-order chi connectivity index (χ0) is 17.5. The van der Waals surface area contributed by atoms with Crippen LogP contribution in [0.25, 0.3) is 0 Å². The van der Waals surface area contributed by atoms with Crippen LogP contribution in [0.4, 0.5) is 18.9 Å². The molecule has 130 valence electrons. The number of carbonyl (C=O) groups excluding carboxylic acids is 1. The second-order valence-electron chi connectivity index (χ2n) is 5.48. The number of halogens is 3. The molecule has 1 rings (SSSR count). The molecule has 6 heteroatoms. The van der Waals surface area contributed by atoms with Crippen molar-refractivity contribution in [2.45, 2.75) is 46.2 Å². The van der Waals surface area contributed by atoms with Crippen molar-refractivity contribution in [2.75, 3.05) is 25.0 Å². The van der Waals surface area contributed by atoms with E-state index in [-0.39, 0.29) is 12.5 Å². The summed E-state index contributed by atoms with van der Waals surface area (Å²) in [6.07, 6.45) is -2.20. The van der Waals surface area contributed by atoms with Gasteiger partial charge < -0.3 is 5.32 Å². The van der Waals surface area contributed by atoms with Gasteiger partial charge >= 0.3 is 6.18 Å². The van der Waals surface area contributed by atoms with Crippen molar-refractivity contribution in [2.24, 2.45) is 0 Å². The summed E-state index contributed by atoms with van der Waals surface area (Å²) in [5, 5.41) is 2.75. The summed E-state index contributed by atoms with van der Waals surface area (Å²) >= 11 is 0. The summed E-state index contributed by atoms with van der Waals surface area (Å²) in [6, 6.07) is 3.51. The molecule has 0 aliphatic carbocycles. The van der Waals surface area contributed by atoms with Crippen LogP contribution in [0, 0.1) is 0 Å². The third-order valence-electron chi connectivity index (χ3n) is 3.77. The Labute approximate surface area is 135 Å². The largest absolute Gasteiger partial charge is 0.416 e. The first kappa shape index (κ1) is 19.5. The lowest BCUT2D eigenvalue weighted by Gasteiger charge is -2.19. The summed E-state index contributed by atoms with van der Waals surface area (Å²) in [4.78, 5) is 14.0. The summed E-state index contributed by atoms with van der Waals surface area (Å²) in [7, 11) is 0. The first-order valence-electron chi connectivity index (χ1n) is 8.04. The molecule has 0 unspecified atom stereocenters. The number of anilines is 1. The molecule has 0 saturated heterocycles. The number of hydrogen-bond acceptors (Lipinski definition) is 2. The Morgan fingerprint density at radius 2 is 1.83 bits per heavy atom. The van der Waals surface area contributed by atoms with E-state index in [1.165, 1.54) is 6.07 Å². The number of carbonyl (C=O) groups is 1. The van der Waals surface area contributed by atoms with Gasteiger partial charge in [-0.3, -0.25) is 9.69 Å². The normalized spacial score (nSPS) is 11.8. The van der Waals surface area contributed by atoms with Gasteiger partial charge in [0, 0.05) is 5.69 Å². The fourth-order valence-electron chi connectivity index (χ4n) is 2.31. The van der Waals surface area contributed by atoms with Crippen molar-refractivity contribution >= 4 is 11.6 Å². The summed E-state index contributed by atoms with van der Waals surface area (Å²) in [5.74, 6) is -0.203. The highest BCUT2D eigenvalue weighted by atomic mass is 19.4. The molecule has 0 heterocycles. The van der Waals surface area contributed by atoms with Gasteiger partial charge in [-0.25, -0.2) is 0 Å². The average Bonchev–Trinajstić information content (AvgIpc) is 2.50. The monoisotopic (exact) mass is 330 g/mol. The minimum absolute atomic E-state index is 0.203. The smallest absolute Gasteiger partial charge is 0.325 e. The van der Waals surface area contributed by atoms with Gasteiger partial charge in [-0.15, -0.1) is 0 Å². The third kappa shape index (κ3) is 6.22. The zero-order valence-corrected chi connectivity index (χ0v) is 14.0. The van der Waals surface area contributed by atoms with E-state index >= 15 is 0 Å². The first-order valence-corrected chi connectivity index (χ1v) is 8.04. The number of rotatable bonds is 8. The fourth-order valence-corrected chi connectivity index (χ4v) is 2.31. The molecule has 1 N–H and O–H groups in total. The quantitative estimate of drug-likeness (QED) is 0.769. The van der Waals surface area contributed by atoms with Crippen molar-refractivity contribution in [3.8, 4) is 0 Å². The van der Waals surface area contributed by atoms with Gasteiger partial charge in [0.05, 0.1) is 12.1 Å². The van der Waals surface area contributed by atoms with Crippen molar-refractivity contribution in [3.05, 3.63) is 29.3 Å². The number of benzene rings is 1. The van der Waals surface area contributed by atoms with E-state index in [9.17, 15) is 18.0 Å². The van der Waals surface area contributed by atoms with Crippen LogP contribution in [-0.4, -0.2) is 30.4 Å². The molecule has 0 saturated carbocycles. The molecule has 1 aromatic carbocycles. The van der Waals surface area contributed by atoms with Crippen molar-refractivity contribution in [1.29, 1.82) is 0 Å². The molecule has 3 nitrogen and oxygen atoms in total. The molecule has 0 bridgehead atoms. The van der Waals surface area contributed by atoms with Gasteiger partial charge in [0.1, 0.15) is 0 Å². The Bertz CT molecular complexity index is 511. The number of nitrogens with zero attached hydrogens (tertiary/aromatic N) is 1. The van der Waals surface area contributed by atoms with Crippen LogP contribution in [0.15, 0.2) is 18.2 Å². The van der Waals surface area contributed by atoms with Crippen LogP contribution in [0.2, 0.25) is 0 Å². The molecule has 0 fully saturated rings. The van der Waals surface area contributed by atoms with Crippen molar-refractivity contribution in [1.82, 2.24) is 4.90 Å². The maximum atomic E-state index is 12.9. The van der Waals surface area contributed by atoms with E-state index in [4.69, 9.17) is 0 Å². The Hall–Kier alpha value is -1.56. The number of alkyl halides is 3. The molecule has 0 atom stereocenters. The van der Waals surface area contributed by atoms with Crippen LogP contribution in [0.1, 0.15) is 44.7 Å². The van der Waals surface area contributed by atoms with Gasteiger partial charge in [-0.1, -0.05) is 27.2 Å². The minimum atomic E-state index is -4.37. The number of hydrogen-bond donors (Lipinski definition) is 1. The first-order chi connectivity index (χ1) is 10.8. The van der Waals surface area contributed by atoms with Crippen LogP contribution in [-0.2, 0) is 17.4 Å². The van der Waals surface area contributed by atoms with E-state index in [0.29, 0.717) is 17.7 Å². The molecule has 1 aromatic rings. The summed E-state index contributed by atoms with van der Waals surface area (Å²) in [5.41, 5.74) is 0.337. The number of likely N-dealkylation sites (N-methyl/N-ethyl adjacent to an activating group) is 1. The molecule has 0 aliphatic heterocycles. The van der Waals surface area contributed by atoms with Crippen LogP contribution < -0.4 is 5.32 Å². The Morgan fingerprint density at radius 3 is 2.35 bits per heavy atom. The molecule has 0 aromatic heterocycles. The molecule has 0 radical (unpaired) electrons. The zero-order valence-electron chi connectivity index (χ0n) is 14.0. The van der Waals surface area contributed by atoms with E-state index < -0.39 is 11.7 Å². The van der Waals surface area contributed by atoms with Crippen molar-refractivity contribution < 1.29 is 18.0 Å². The van der Waals surface area contributed by atoms with Gasteiger partial charge in [0.25, 0.3) is 0 Å². The SMILES string of the molecule is CCCCc1cc(C(F)(F)F)ccc1NC(=O)CN(CC)CC. The second-order valence-corrected chi connectivity index (χ2v) is 5.48. The standard InChI is InChI=1S/C17H25F3N2O/c1-4-7-8-13-11-14(17(18,19)20)9-10-15(13)21-16(23)12-22(5-2)6-3/h9-11H,4-8,12H2,1-3H3,(H,21,23). The predicted octanol–water partition coefficient (Wildman–Crippen LogP) is 4.33. The number of aryl methyl sites for hydroxylation is 1. The van der Waals surface area contributed by atoms with E-state index in [1.807, 2.05) is 25.7 Å². The van der Waals surface area contributed by atoms with Gasteiger partial charge in [-0.2, -0.15) is 13.2 Å². The molecular formula is C17H25F3N2O. The van der Waals surface area contributed by atoms with Crippen LogP contribution >= 0.6 is 0 Å². The lowest BCUT2D eigenvalue weighted by molar-refractivity contribution is -0.137. The Kier molecular flexibility index (Phi) is 7.55. The number of amides is 1. The molecule has 0 spiro atoms. The Morgan fingerprint density at radius 1 is 1.17 bits per heavy atom. The fraction of sp³-hybridized carbons (Fsp3) is 0.588. The third-order valence-corrected chi connectivity index (χ3v) is 3.77. The second kappa shape index (κ2) is 8.91. The van der Waals surface area contributed by atoms with E-state index in [0.717, 1.165) is 38.1 Å². The van der Waals surface area contributed by atoms with Crippen LogP contribution in [0.5, 0.6) is 0 Å². The van der Waals surface area contributed by atoms with Gasteiger partial charge in [0.15, 0.2) is 0 Å². The maximum absolute atomic E-state index is 12.9. The summed E-state index contributed by atoms with van der Waals surface area (Å²) < 4.78 is 38.6. The van der Waals surface area contributed by atoms with E-state index in [1.54, 1.807) is 0 Å². The maximum Gasteiger partial charge on any atom is 0.416 e. The highest BCUT2D eigenvalue weighted by Crippen LogP contribution is 2.32. The van der Waals surface area contributed by atoms with E-state index in [2.05, 4.69) is 5.32 Å². The minimum Gasteiger partial charge on any atom is -0.325 e. The molecule has 0 aliphatic rings. The topological polar surface area (TPSA) is 32.3 Å². The lowest BCUT2D eigenvalue weighted by Crippen LogP contribution is -2.33. The lowest BCUT2D eigenvalue weighted by atomic mass is 10.0. The predicted molar refractivity (Wildman–Crippen MR) is 86.5 cm³/mol. The molecular weight excluding hydrogens is 305 g/mol.